The first-order valence-corrected chi connectivity index (χ1v) is 12.6. The summed E-state index contributed by atoms with van der Waals surface area (Å²) in [4.78, 5) is 45.7. The predicted octanol–water partition coefficient (Wildman–Crippen LogP) is 5.13. The Bertz CT molecular complexity index is 1810. The molecule has 0 fully saturated rings. The van der Waals surface area contributed by atoms with Gasteiger partial charge in [-0.2, -0.15) is 0 Å². The van der Waals surface area contributed by atoms with Crippen LogP contribution in [0.25, 0.3) is 33.3 Å². The minimum absolute atomic E-state index is 0.196. The zero-order valence-electron chi connectivity index (χ0n) is 20.5. The van der Waals surface area contributed by atoms with Crippen LogP contribution in [0.5, 0.6) is 0 Å². The van der Waals surface area contributed by atoms with Gasteiger partial charge in [0.2, 0.25) is 11.9 Å². The Labute approximate surface area is 227 Å². The fourth-order valence-electron chi connectivity index (χ4n) is 4.36. The summed E-state index contributed by atoms with van der Waals surface area (Å²) in [6, 6.07) is 21.4. The van der Waals surface area contributed by atoms with Crippen LogP contribution in [-0.4, -0.2) is 42.8 Å². The molecule has 0 aliphatic rings. The fraction of sp³-hybridized carbons (Fsp3) is 0.0690. The van der Waals surface area contributed by atoms with Gasteiger partial charge in [-0.05, 0) is 41.3 Å². The van der Waals surface area contributed by atoms with Gasteiger partial charge in [-0.15, -0.1) is 0 Å². The summed E-state index contributed by atoms with van der Waals surface area (Å²) in [5.41, 5.74) is 3.18. The second kappa shape index (κ2) is 10.4. The number of fused-ring (bicyclic) bond motifs is 2. The van der Waals surface area contributed by atoms with Gasteiger partial charge in [0, 0.05) is 41.0 Å². The molecule has 4 N–H and O–H groups in total. The number of nitrogens with one attached hydrogen (secondary N) is 4. The molecule has 6 aromatic rings. The lowest BCUT2D eigenvalue weighted by atomic mass is 10.0. The molecule has 192 valence electrons. The summed E-state index contributed by atoms with van der Waals surface area (Å²) in [7, 11) is 0. The molecule has 3 heterocycles. The summed E-state index contributed by atoms with van der Waals surface area (Å²) in [6.07, 6.45) is 5.13. The maximum absolute atomic E-state index is 13.3. The van der Waals surface area contributed by atoms with Crippen LogP contribution in [0, 0.1) is 0 Å². The average Bonchev–Trinajstić information content (AvgIpc) is 3.63. The Hall–Kier alpha value is -5.02. The van der Waals surface area contributed by atoms with Crippen molar-refractivity contribution in [1.82, 2.24) is 30.2 Å². The molecular weight excluding hydrogens is 514 g/mol. The van der Waals surface area contributed by atoms with E-state index in [1.807, 2.05) is 54.7 Å². The molecule has 0 radical (unpaired) electrons. The number of anilines is 1. The number of aromatic nitrogens is 5. The molecule has 0 unspecified atom stereocenters. The molecule has 10 heteroatoms. The molecule has 2 amide bonds. The van der Waals surface area contributed by atoms with Crippen LogP contribution in [0.3, 0.4) is 0 Å². The van der Waals surface area contributed by atoms with Crippen molar-refractivity contribution in [2.75, 3.05) is 5.32 Å². The summed E-state index contributed by atoms with van der Waals surface area (Å²) >= 11 is 6.34. The van der Waals surface area contributed by atoms with Crippen molar-refractivity contribution in [3.63, 3.8) is 0 Å². The second-order valence-electron chi connectivity index (χ2n) is 8.98. The number of hydrogen-bond donors (Lipinski definition) is 4. The fourth-order valence-corrected chi connectivity index (χ4v) is 4.57. The molecule has 0 saturated carbocycles. The minimum Gasteiger partial charge on any atom is -0.340 e. The second-order valence-corrected chi connectivity index (χ2v) is 9.39. The van der Waals surface area contributed by atoms with E-state index in [9.17, 15) is 9.59 Å². The number of H-pyrrole nitrogens is 2. The summed E-state index contributed by atoms with van der Waals surface area (Å²) in [5, 5.41) is 8.15. The first-order chi connectivity index (χ1) is 19.0. The van der Waals surface area contributed by atoms with Crippen LogP contribution < -0.4 is 10.6 Å². The van der Waals surface area contributed by atoms with Gasteiger partial charge >= 0.3 is 0 Å². The van der Waals surface area contributed by atoms with Crippen LogP contribution in [0.15, 0.2) is 91.4 Å². The number of carbonyl (C=O) groups excluding carboxylic acids is 2. The van der Waals surface area contributed by atoms with E-state index in [4.69, 9.17) is 11.6 Å². The van der Waals surface area contributed by atoms with Gasteiger partial charge in [-0.25, -0.2) is 9.97 Å². The molecule has 3 aromatic carbocycles. The van der Waals surface area contributed by atoms with Crippen molar-refractivity contribution in [3.8, 4) is 11.5 Å². The average molecular weight is 536 g/mol. The topological polar surface area (TPSA) is 128 Å². The van der Waals surface area contributed by atoms with E-state index >= 15 is 0 Å². The van der Waals surface area contributed by atoms with Gasteiger partial charge in [0.25, 0.3) is 5.91 Å². The minimum atomic E-state index is -0.905. The van der Waals surface area contributed by atoms with E-state index in [0.29, 0.717) is 33.1 Å². The number of benzene rings is 3. The number of imidazole rings is 2. The van der Waals surface area contributed by atoms with Crippen molar-refractivity contribution in [3.05, 3.63) is 108 Å². The SMILES string of the molecule is O=C(N[C@@H](Cc1ccccc1Cl)C(=O)Nc1ncc[nH]1)c1ccc2nc(-c3cc4ccccc4cn3)[nH]c2c1. The lowest BCUT2D eigenvalue weighted by Gasteiger charge is -2.18. The molecule has 0 spiro atoms. The number of pyridine rings is 1. The number of hydrogen-bond acceptors (Lipinski definition) is 5. The monoisotopic (exact) mass is 535 g/mol. The first-order valence-electron chi connectivity index (χ1n) is 12.2. The first kappa shape index (κ1) is 24.3. The van der Waals surface area contributed by atoms with Crippen molar-refractivity contribution >= 4 is 51.2 Å². The third-order valence-electron chi connectivity index (χ3n) is 6.36. The number of aromatic amines is 2. The van der Waals surface area contributed by atoms with E-state index in [2.05, 4.69) is 35.6 Å². The van der Waals surface area contributed by atoms with Crippen LogP contribution in [0.4, 0.5) is 5.95 Å². The van der Waals surface area contributed by atoms with Gasteiger partial charge in [-0.1, -0.05) is 54.1 Å². The molecule has 0 aliphatic heterocycles. The normalized spacial score (nSPS) is 11.9. The molecule has 0 saturated heterocycles. The van der Waals surface area contributed by atoms with Crippen LogP contribution in [-0.2, 0) is 11.2 Å². The quantitative estimate of drug-likeness (QED) is 0.225. The highest BCUT2D eigenvalue weighted by Crippen LogP contribution is 2.23. The van der Waals surface area contributed by atoms with Crippen molar-refractivity contribution in [2.45, 2.75) is 12.5 Å². The Morgan fingerprint density at radius 1 is 0.949 bits per heavy atom. The number of halogens is 1. The molecule has 39 heavy (non-hydrogen) atoms. The highest BCUT2D eigenvalue weighted by molar-refractivity contribution is 6.31. The van der Waals surface area contributed by atoms with Gasteiger partial charge in [0.1, 0.15) is 11.7 Å². The molecular formula is C29H22ClN7O2. The van der Waals surface area contributed by atoms with Crippen molar-refractivity contribution < 1.29 is 9.59 Å². The van der Waals surface area contributed by atoms with E-state index in [1.165, 1.54) is 6.20 Å². The lowest BCUT2D eigenvalue weighted by Crippen LogP contribution is -2.45. The molecule has 0 bridgehead atoms. The molecule has 9 nitrogen and oxygen atoms in total. The Morgan fingerprint density at radius 2 is 1.77 bits per heavy atom. The van der Waals surface area contributed by atoms with Crippen LogP contribution in [0.1, 0.15) is 15.9 Å². The number of nitrogens with zero attached hydrogens (tertiary/aromatic N) is 3. The lowest BCUT2D eigenvalue weighted by molar-refractivity contribution is -0.118. The van der Waals surface area contributed by atoms with Gasteiger partial charge in [0.05, 0.1) is 11.0 Å². The van der Waals surface area contributed by atoms with Gasteiger partial charge in [-0.3, -0.25) is 19.9 Å². The highest BCUT2D eigenvalue weighted by Gasteiger charge is 2.24. The molecule has 1 atom stereocenters. The number of carbonyl (C=O) groups is 2. The van der Waals surface area contributed by atoms with Crippen LogP contribution >= 0.6 is 11.6 Å². The Kier molecular flexibility index (Phi) is 6.48. The zero-order valence-corrected chi connectivity index (χ0v) is 21.2. The van der Waals surface area contributed by atoms with Gasteiger partial charge < -0.3 is 15.3 Å². The van der Waals surface area contributed by atoms with E-state index < -0.39 is 17.9 Å². The molecule has 0 aliphatic carbocycles. The number of amides is 2. The van der Waals surface area contributed by atoms with Crippen LogP contribution in [0.2, 0.25) is 5.02 Å². The van der Waals surface area contributed by atoms with Crippen molar-refractivity contribution in [2.24, 2.45) is 0 Å². The van der Waals surface area contributed by atoms with Crippen molar-refractivity contribution in [1.29, 1.82) is 0 Å². The Balaban J connectivity index is 1.26. The summed E-state index contributed by atoms with van der Waals surface area (Å²) in [5.74, 6) is 0.0453. The standard InChI is InChI=1S/C29H22ClN7O2/c30-21-8-4-3-6-18(21)14-25(28(39)37-29-31-11-12-32-29)36-27(38)19-9-10-22-23(15-19)35-26(34-22)24-13-17-5-1-2-7-20(17)16-33-24/h1-13,15-16,25H,14H2,(H,34,35)(H,36,38)(H2,31,32,37,39)/t25-/m0/s1. The smallest absolute Gasteiger partial charge is 0.252 e. The third kappa shape index (κ3) is 5.21. The maximum atomic E-state index is 13.3. The van der Waals surface area contributed by atoms with Gasteiger partial charge in [0.15, 0.2) is 5.82 Å². The summed E-state index contributed by atoms with van der Waals surface area (Å²) in [6.45, 7) is 0. The van der Waals surface area contributed by atoms with E-state index in [-0.39, 0.29) is 12.4 Å². The highest BCUT2D eigenvalue weighted by atomic mass is 35.5. The molecule has 6 rings (SSSR count). The largest absolute Gasteiger partial charge is 0.340 e. The molecule has 3 aromatic heterocycles. The van der Waals surface area contributed by atoms with E-state index in [1.54, 1.807) is 30.5 Å². The van der Waals surface area contributed by atoms with E-state index in [0.717, 1.165) is 16.3 Å². The zero-order chi connectivity index (χ0) is 26.8. The predicted molar refractivity (Wildman–Crippen MR) is 150 cm³/mol. The number of rotatable bonds is 7. The maximum Gasteiger partial charge on any atom is 0.252 e. The third-order valence-corrected chi connectivity index (χ3v) is 6.73. The Morgan fingerprint density at radius 3 is 2.59 bits per heavy atom. The summed E-state index contributed by atoms with van der Waals surface area (Å²) < 4.78 is 0.